The number of esters is 2. The first-order valence-corrected chi connectivity index (χ1v) is 10.4. The van der Waals surface area contributed by atoms with Crippen LogP contribution in [-0.4, -0.2) is 29.9 Å². The Kier molecular flexibility index (Phi) is 4.60. The molecule has 5 nitrogen and oxygen atoms in total. The van der Waals surface area contributed by atoms with Gasteiger partial charge in [-0.1, -0.05) is 61.5 Å². The summed E-state index contributed by atoms with van der Waals surface area (Å²) in [6, 6.07) is 17.2. The Bertz CT molecular complexity index is 1010. The normalized spacial score (nSPS) is 28.4. The molecular formula is C25H26O5. The van der Waals surface area contributed by atoms with Crippen LogP contribution in [0.15, 0.2) is 54.6 Å². The fourth-order valence-corrected chi connectivity index (χ4v) is 5.61. The van der Waals surface area contributed by atoms with E-state index in [1.165, 1.54) is 0 Å². The zero-order chi connectivity index (χ0) is 21.7. The molecular weight excluding hydrogens is 380 g/mol. The van der Waals surface area contributed by atoms with Gasteiger partial charge in [-0.05, 0) is 38.3 Å². The van der Waals surface area contributed by atoms with Crippen LogP contribution in [-0.2, 0) is 19.1 Å². The van der Waals surface area contributed by atoms with Crippen molar-refractivity contribution >= 4 is 17.7 Å². The average Bonchev–Trinajstić information content (AvgIpc) is 3.34. The lowest BCUT2D eigenvalue weighted by Gasteiger charge is -2.28. The van der Waals surface area contributed by atoms with Gasteiger partial charge in [-0.2, -0.15) is 0 Å². The highest BCUT2D eigenvalue weighted by atomic mass is 16.6. The van der Waals surface area contributed by atoms with Crippen LogP contribution in [0.1, 0.15) is 44.5 Å². The van der Waals surface area contributed by atoms with Gasteiger partial charge in [-0.3, -0.25) is 14.4 Å². The van der Waals surface area contributed by atoms with E-state index >= 15 is 0 Å². The van der Waals surface area contributed by atoms with E-state index in [0.29, 0.717) is 12.0 Å². The van der Waals surface area contributed by atoms with Crippen LogP contribution in [0.25, 0.3) is 11.1 Å². The molecule has 2 aromatic carbocycles. The summed E-state index contributed by atoms with van der Waals surface area (Å²) in [5.41, 5.74) is -1.09. The Morgan fingerprint density at radius 3 is 2.13 bits per heavy atom. The number of ketones is 1. The third-order valence-corrected chi connectivity index (χ3v) is 6.73. The highest BCUT2D eigenvalue weighted by Crippen LogP contribution is 2.80. The lowest BCUT2D eigenvalue weighted by Crippen LogP contribution is -2.40. The van der Waals surface area contributed by atoms with E-state index in [9.17, 15) is 14.4 Å². The second kappa shape index (κ2) is 6.79. The highest BCUT2D eigenvalue weighted by Gasteiger charge is 2.95. The number of benzene rings is 2. The third kappa shape index (κ3) is 2.44. The molecule has 0 amide bonds. The molecule has 156 valence electrons. The molecule has 0 bridgehead atoms. The fourth-order valence-electron chi connectivity index (χ4n) is 5.61. The van der Waals surface area contributed by atoms with E-state index in [0.717, 1.165) is 11.1 Å². The first-order chi connectivity index (χ1) is 14.3. The zero-order valence-corrected chi connectivity index (χ0v) is 17.7. The molecule has 0 N–H and O–H groups in total. The van der Waals surface area contributed by atoms with Gasteiger partial charge in [0.05, 0.1) is 12.0 Å². The van der Waals surface area contributed by atoms with Gasteiger partial charge in [0.1, 0.15) is 5.60 Å². The Morgan fingerprint density at radius 2 is 1.57 bits per heavy atom. The van der Waals surface area contributed by atoms with E-state index in [1.807, 2.05) is 49.4 Å². The van der Waals surface area contributed by atoms with Gasteiger partial charge in [0, 0.05) is 11.5 Å². The van der Waals surface area contributed by atoms with Crippen LogP contribution in [0, 0.1) is 16.7 Å². The molecule has 1 saturated heterocycles. The van der Waals surface area contributed by atoms with Crippen molar-refractivity contribution < 1.29 is 23.9 Å². The van der Waals surface area contributed by atoms with Gasteiger partial charge < -0.3 is 9.47 Å². The molecule has 1 heterocycles. The molecule has 0 spiro atoms. The summed E-state index contributed by atoms with van der Waals surface area (Å²) < 4.78 is 10.8. The third-order valence-electron chi connectivity index (χ3n) is 6.73. The number of ether oxygens (including phenoxy) is 2. The minimum Gasteiger partial charge on any atom is -0.465 e. The lowest BCUT2D eigenvalue weighted by molar-refractivity contribution is -0.166. The van der Waals surface area contributed by atoms with E-state index in [1.54, 1.807) is 32.9 Å². The maximum Gasteiger partial charge on any atom is 0.325 e. The lowest BCUT2D eigenvalue weighted by atomic mass is 9.81. The predicted octanol–water partition coefficient (Wildman–Crippen LogP) is 4.45. The van der Waals surface area contributed by atoms with E-state index in [4.69, 9.17) is 9.47 Å². The highest BCUT2D eigenvalue weighted by molar-refractivity contribution is 6.19. The molecule has 1 aliphatic carbocycles. The Labute approximate surface area is 176 Å². The molecule has 0 aromatic heterocycles. The van der Waals surface area contributed by atoms with Crippen LogP contribution in [0.3, 0.4) is 0 Å². The van der Waals surface area contributed by atoms with Crippen molar-refractivity contribution in [3.63, 3.8) is 0 Å². The van der Waals surface area contributed by atoms with Crippen LogP contribution >= 0.6 is 0 Å². The molecule has 2 aliphatic rings. The van der Waals surface area contributed by atoms with Crippen molar-refractivity contribution in [3.05, 3.63) is 60.2 Å². The minimum absolute atomic E-state index is 0.140. The predicted molar refractivity (Wildman–Crippen MR) is 112 cm³/mol. The van der Waals surface area contributed by atoms with Gasteiger partial charge in [0.25, 0.3) is 0 Å². The van der Waals surface area contributed by atoms with Crippen LogP contribution in [0.5, 0.6) is 0 Å². The molecule has 1 aliphatic heterocycles. The maximum absolute atomic E-state index is 13.8. The topological polar surface area (TPSA) is 69.7 Å². The van der Waals surface area contributed by atoms with Crippen molar-refractivity contribution in [2.45, 2.75) is 39.7 Å². The summed E-state index contributed by atoms with van der Waals surface area (Å²) in [6.45, 7) is 7.20. The van der Waals surface area contributed by atoms with Gasteiger partial charge in [-0.25, -0.2) is 0 Å². The number of hydrogen-bond donors (Lipinski definition) is 0. The number of fused-ring (bicyclic) bond motifs is 1. The van der Waals surface area contributed by atoms with E-state index in [-0.39, 0.29) is 12.4 Å². The van der Waals surface area contributed by atoms with Gasteiger partial charge >= 0.3 is 11.9 Å². The van der Waals surface area contributed by atoms with Crippen molar-refractivity contribution in [2.24, 2.45) is 16.7 Å². The van der Waals surface area contributed by atoms with Crippen LogP contribution in [0.2, 0.25) is 0 Å². The summed E-state index contributed by atoms with van der Waals surface area (Å²) in [5.74, 6) is -2.04. The second-order valence-electron chi connectivity index (χ2n) is 8.55. The second-order valence-corrected chi connectivity index (χ2v) is 8.55. The molecule has 4 rings (SSSR count). The smallest absolute Gasteiger partial charge is 0.325 e. The number of cyclic esters (lactones) is 1. The standard InChI is InChI=1S/C25H26O5/c1-5-24(20-23(3,4)30-22(28)25(20,24)21(27)29-6-2)19(26)18-14-12-17(13-15-18)16-10-8-7-9-11-16/h7-15,20H,5-6H2,1-4H3/t20-,24+,25+/m1/s1. The molecule has 2 fully saturated rings. The molecule has 1 saturated carbocycles. The molecule has 5 heteroatoms. The Morgan fingerprint density at radius 1 is 0.967 bits per heavy atom. The molecule has 0 radical (unpaired) electrons. The summed E-state index contributed by atoms with van der Waals surface area (Å²) in [6.07, 6.45) is 0.355. The van der Waals surface area contributed by atoms with E-state index < -0.39 is 34.3 Å². The van der Waals surface area contributed by atoms with Gasteiger partial charge in [0.15, 0.2) is 11.2 Å². The Balaban J connectivity index is 1.75. The van der Waals surface area contributed by atoms with Crippen molar-refractivity contribution in [1.29, 1.82) is 0 Å². The summed E-state index contributed by atoms with van der Waals surface area (Å²) >= 11 is 0. The number of Topliss-reactive ketones (excluding diaryl/α,β-unsaturated/α-hetero) is 1. The summed E-state index contributed by atoms with van der Waals surface area (Å²) in [7, 11) is 0. The molecule has 3 atom stereocenters. The van der Waals surface area contributed by atoms with Crippen molar-refractivity contribution in [2.75, 3.05) is 6.61 Å². The maximum atomic E-state index is 13.8. The number of rotatable bonds is 6. The summed E-state index contributed by atoms with van der Waals surface area (Å²) in [4.78, 5) is 39.7. The number of carbonyl (C=O) groups excluding carboxylic acids is 3. The average molecular weight is 406 g/mol. The Hall–Kier alpha value is -2.95. The first kappa shape index (κ1) is 20.3. The first-order valence-electron chi connectivity index (χ1n) is 10.4. The largest absolute Gasteiger partial charge is 0.465 e. The molecule has 0 unspecified atom stereocenters. The summed E-state index contributed by atoms with van der Waals surface area (Å²) in [5, 5.41) is 0. The molecule has 2 aromatic rings. The zero-order valence-electron chi connectivity index (χ0n) is 17.7. The number of carbonyl (C=O) groups is 3. The number of hydrogen-bond acceptors (Lipinski definition) is 5. The van der Waals surface area contributed by atoms with Crippen LogP contribution in [0.4, 0.5) is 0 Å². The van der Waals surface area contributed by atoms with Crippen LogP contribution < -0.4 is 0 Å². The monoisotopic (exact) mass is 406 g/mol. The van der Waals surface area contributed by atoms with Gasteiger partial charge in [-0.15, -0.1) is 0 Å². The minimum atomic E-state index is -1.56. The SMILES string of the molecule is CCOC(=O)[C@]12C(=O)OC(C)(C)[C@@H]1[C@]2(CC)C(=O)c1ccc(-c2ccccc2)cc1. The quantitative estimate of drug-likeness (QED) is 0.403. The van der Waals surface area contributed by atoms with Crippen molar-refractivity contribution in [3.8, 4) is 11.1 Å². The van der Waals surface area contributed by atoms with Crippen molar-refractivity contribution in [1.82, 2.24) is 0 Å². The van der Waals surface area contributed by atoms with E-state index in [2.05, 4.69) is 0 Å². The molecule has 30 heavy (non-hydrogen) atoms. The van der Waals surface area contributed by atoms with Gasteiger partial charge in [0.2, 0.25) is 0 Å². The fraction of sp³-hybridized carbons (Fsp3) is 0.400.